The van der Waals surface area contributed by atoms with Crippen molar-refractivity contribution < 1.29 is 0 Å². The first kappa shape index (κ1) is 15.4. The van der Waals surface area contributed by atoms with Crippen LogP contribution in [0, 0.1) is 11.3 Å². The van der Waals surface area contributed by atoms with Crippen LogP contribution in [-0.2, 0) is 0 Å². The van der Waals surface area contributed by atoms with E-state index >= 15 is 0 Å². The predicted molar refractivity (Wildman–Crippen MR) is 88.1 cm³/mol. The van der Waals surface area contributed by atoms with Crippen LogP contribution in [0.15, 0.2) is 24.3 Å². The summed E-state index contributed by atoms with van der Waals surface area (Å²) in [4.78, 5) is 2.55. The summed E-state index contributed by atoms with van der Waals surface area (Å²) in [6.07, 6.45) is 3.92. The van der Waals surface area contributed by atoms with E-state index in [0.717, 1.165) is 19.0 Å². The minimum absolute atomic E-state index is 0.105. The van der Waals surface area contributed by atoms with Crippen LogP contribution in [0.1, 0.15) is 58.6 Å². The van der Waals surface area contributed by atoms with Crippen LogP contribution < -0.4 is 10.6 Å². The first-order valence-electron chi connectivity index (χ1n) is 7.99. The summed E-state index contributed by atoms with van der Waals surface area (Å²) >= 11 is 0. The second-order valence-corrected chi connectivity index (χ2v) is 7.33. The molecule has 0 radical (unpaired) electrons. The maximum atomic E-state index is 6.13. The van der Waals surface area contributed by atoms with Gasteiger partial charge in [-0.05, 0) is 49.1 Å². The zero-order valence-electron chi connectivity index (χ0n) is 13.5. The SMILES string of the molecule is CC(N)c1ccccc1N1CCCC(C(C)(C)C)CC1. The molecule has 1 aliphatic heterocycles. The number of nitrogens with two attached hydrogens (primary N) is 1. The molecule has 2 unspecified atom stereocenters. The van der Waals surface area contributed by atoms with Crippen molar-refractivity contribution >= 4 is 5.69 Å². The van der Waals surface area contributed by atoms with E-state index in [-0.39, 0.29) is 6.04 Å². The third-order valence-electron chi connectivity index (χ3n) is 4.72. The normalized spacial score (nSPS) is 22.4. The van der Waals surface area contributed by atoms with Gasteiger partial charge in [0.2, 0.25) is 0 Å². The first-order valence-corrected chi connectivity index (χ1v) is 7.99. The number of para-hydroxylation sites is 1. The quantitative estimate of drug-likeness (QED) is 0.868. The molecule has 0 aliphatic carbocycles. The minimum atomic E-state index is 0.105. The van der Waals surface area contributed by atoms with Gasteiger partial charge in [-0.2, -0.15) is 0 Å². The van der Waals surface area contributed by atoms with Gasteiger partial charge >= 0.3 is 0 Å². The molecule has 1 aromatic rings. The summed E-state index contributed by atoms with van der Waals surface area (Å²) in [5.74, 6) is 0.829. The van der Waals surface area contributed by atoms with Gasteiger partial charge in [0.15, 0.2) is 0 Å². The summed E-state index contributed by atoms with van der Waals surface area (Å²) in [5.41, 5.74) is 9.18. The largest absolute Gasteiger partial charge is 0.371 e. The summed E-state index contributed by atoms with van der Waals surface area (Å²) in [6.45, 7) is 11.5. The van der Waals surface area contributed by atoms with Crippen molar-refractivity contribution in [2.75, 3.05) is 18.0 Å². The molecule has 0 amide bonds. The average molecular weight is 274 g/mol. The third kappa shape index (κ3) is 3.54. The molecule has 1 heterocycles. The van der Waals surface area contributed by atoms with Gasteiger partial charge in [-0.25, -0.2) is 0 Å². The van der Waals surface area contributed by atoms with E-state index in [1.807, 2.05) is 0 Å². The fraction of sp³-hybridized carbons (Fsp3) is 0.667. The second-order valence-electron chi connectivity index (χ2n) is 7.33. The summed E-state index contributed by atoms with van der Waals surface area (Å²) < 4.78 is 0. The van der Waals surface area contributed by atoms with Gasteiger partial charge in [0.1, 0.15) is 0 Å². The average Bonchev–Trinajstić information content (AvgIpc) is 2.63. The van der Waals surface area contributed by atoms with Crippen molar-refractivity contribution in [3.05, 3.63) is 29.8 Å². The van der Waals surface area contributed by atoms with Crippen LogP contribution in [0.3, 0.4) is 0 Å². The van der Waals surface area contributed by atoms with Gasteiger partial charge < -0.3 is 10.6 Å². The Morgan fingerprint density at radius 2 is 1.85 bits per heavy atom. The van der Waals surface area contributed by atoms with Gasteiger partial charge in [0.25, 0.3) is 0 Å². The van der Waals surface area contributed by atoms with Crippen LogP contribution in [0.2, 0.25) is 0 Å². The second kappa shape index (κ2) is 6.17. The number of hydrogen-bond donors (Lipinski definition) is 1. The number of hydrogen-bond acceptors (Lipinski definition) is 2. The van der Waals surface area contributed by atoms with Gasteiger partial charge in [0.05, 0.1) is 0 Å². The summed E-state index contributed by atoms with van der Waals surface area (Å²) in [6, 6.07) is 8.74. The predicted octanol–water partition coefficient (Wildman–Crippen LogP) is 4.36. The highest BCUT2D eigenvalue weighted by Crippen LogP contribution is 2.36. The lowest BCUT2D eigenvalue weighted by molar-refractivity contribution is 0.220. The molecule has 0 bridgehead atoms. The number of anilines is 1. The minimum Gasteiger partial charge on any atom is -0.371 e. The molecule has 1 aliphatic rings. The lowest BCUT2D eigenvalue weighted by Gasteiger charge is -2.30. The Balaban J connectivity index is 2.15. The number of nitrogens with zero attached hydrogens (tertiary/aromatic N) is 1. The van der Waals surface area contributed by atoms with E-state index in [4.69, 9.17) is 5.73 Å². The van der Waals surface area contributed by atoms with E-state index in [1.54, 1.807) is 0 Å². The van der Waals surface area contributed by atoms with E-state index in [2.05, 4.69) is 56.9 Å². The lowest BCUT2D eigenvalue weighted by Crippen LogP contribution is -2.27. The van der Waals surface area contributed by atoms with Gasteiger partial charge in [-0.15, -0.1) is 0 Å². The highest BCUT2D eigenvalue weighted by molar-refractivity contribution is 5.55. The van der Waals surface area contributed by atoms with Crippen molar-refractivity contribution in [2.45, 2.75) is 53.0 Å². The zero-order valence-corrected chi connectivity index (χ0v) is 13.5. The molecule has 20 heavy (non-hydrogen) atoms. The van der Waals surface area contributed by atoms with Crippen molar-refractivity contribution in [2.24, 2.45) is 17.1 Å². The van der Waals surface area contributed by atoms with Crippen molar-refractivity contribution in [1.29, 1.82) is 0 Å². The monoisotopic (exact) mass is 274 g/mol. The first-order chi connectivity index (χ1) is 9.39. The molecule has 0 saturated carbocycles. The highest BCUT2D eigenvalue weighted by Gasteiger charge is 2.27. The Labute approximate surface area is 124 Å². The van der Waals surface area contributed by atoms with Crippen molar-refractivity contribution in [3.8, 4) is 0 Å². The molecular weight excluding hydrogens is 244 g/mol. The van der Waals surface area contributed by atoms with Gasteiger partial charge in [-0.3, -0.25) is 0 Å². The summed E-state index contributed by atoms with van der Waals surface area (Å²) in [7, 11) is 0. The highest BCUT2D eigenvalue weighted by atomic mass is 15.1. The van der Waals surface area contributed by atoms with Crippen LogP contribution in [0.4, 0.5) is 5.69 Å². The lowest BCUT2D eigenvalue weighted by atomic mass is 9.77. The van der Waals surface area contributed by atoms with Crippen LogP contribution in [0.5, 0.6) is 0 Å². The number of benzene rings is 1. The van der Waals surface area contributed by atoms with Crippen LogP contribution >= 0.6 is 0 Å². The van der Waals surface area contributed by atoms with Gasteiger partial charge in [-0.1, -0.05) is 39.0 Å². The fourth-order valence-corrected chi connectivity index (χ4v) is 3.36. The molecule has 2 heteroatoms. The molecule has 0 spiro atoms. The van der Waals surface area contributed by atoms with E-state index in [0.29, 0.717) is 5.41 Å². The molecule has 2 N–H and O–H groups in total. The molecule has 112 valence electrons. The van der Waals surface area contributed by atoms with Gasteiger partial charge in [0, 0.05) is 24.8 Å². The zero-order chi connectivity index (χ0) is 14.8. The van der Waals surface area contributed by atoms with Crippen LogP contribution in [0.25, 0.3) is 0 Å². The molecule has 1 saturated heterocycles. The molecule has 2 rings (SSSR count). The molecule has 0 aromatic heterocycles. The van der Waals surface area contributed by atoms with Crippen molar-refractivity contribution in [3.63, 3.8) is 0 Å². The standard InChI is InChI=1S/C18H30N2/c1-14(19)16-9-5-6-10-17(16)20-12-7-8-15(11-13-20)18(2,3)4/h5-6,9-10,14-15H,7-8,11-13,19H2,1-4H3. The maximum absolute atomic E-state index is 6.13. The Morgan fingerprint density at radius 1 is 1.15 bits per heavy atom. The molecule has 2 atom stereocenters. The molecule has 1 fully saturated rings. The fourth-order valence-electron chi connectivity index (χ4n) is 3.36. The Morgan fingerprint density at radius 3 is 2.50 bits per heavy atom. The van der Waals surface area contributed by atoms with E-state index in [1.165, 1.54) is 30.5 Å². The third-order valence-corrected chi connectivity index (χ3v) is 4.72. The van der Waals surface area contributed by atoms with E-state index < -0.39 is 0 Å². The van der Waals surface area contributed by atoms with Crippen LogP contribution in [-0.4, -0.2) is 13.1 Å². The molecule has 2 nitrogen and oxygen atoms in total. The Hall–Kier alpha value is -1.02. The Kier molecular flexibility index (Phi) is 4.74. The molecule has 1 aromatic carbocycles. The Bertz CT molecular complexity index is 431. The van der Waals surface area contributed by atoms with E-state index in [9.17, 15) is 0 Å². The topological polar surface area (TPSA) is 29.3 Å². The summed E-state index contributed by atoms with van der Waals surface area (Å²) in [5, 5.41) is 0. The smallest absolute Gasteiger partial charge is 0.0414 e. The van der Waals surface area contributed by atoms with Crippen molar-refractivity contribution in [1.82, 2.24) is 0 Å². The maximum Gasteiger partial charge on any atom is 0.0414 e. The molecular formula is C18H30N2. The number of rotatable bonds is 2.